The first-order valence-corrected chi connectivity index (χ1v) is 10.3. The number of aryl methyl sites for hydroxylation is 2. The van der Waals surface area contributed by atoms with Crippen molar-refractivity contribution < 1.29 is 14.3 Å². The number of aromatic nitrogens is 2. The van der Waals surface area contributed by atoms with Crippen LogP contribution in [0.3, 0.4) is 0 Å². The van der Waals surface area contributed by atoms with Crippen LogP contribution in [0.1, 0.15) is 36.5 Å². The van der Waals surface area contributed by atoms with Crippen LogP contribution in [0.2, 0.25) is 0 Å². The van der Waals surface area contributed by atoms with Crippen LogP contribution >= 0.6 is 11.8 Å². The van der Waals surface area contributed by atoms with Gasteiger partial charge in [0.1, 0.15) is 18.2 Å². The van der Waals surface area contributed by atoms with Gasteiger partial charge in [0, 0.05) is 17.7 Å². The van der Waals surface area contributed by atoms with Gasteiger partial charge in [0.25, 0.3) is 16.7 Å². The molecule has 2 aromatic rings. The molecule has 0 radical (unpaired) electrons. The van der Waals surface area contributed by atoms with Gasteiger partial charge < -0.3 is 4.74 Å². The van der Waals surface area contributed by atoms with Crippen molar-refractivity contribution in [3.63, 3.8) is 0 Å². The van der Waals surface area contributed by atoms with Gasteiger partial charge in [-0.1, -0.05) is 26.0 Å². The molecule has 0 atom stereocenters. The molecule has 0 unspecified atom stereocenters. The number of hydrogen-bond acceptors (Lipinski definition) is 6. The highest BCUT2D eigenvalue weighted by molar-refractivity contribution is 8.18. The van der Waals surface area contributed by atoms with E-state index in [9.17, 15) is 14.4 Å². The van der Waals surface area contributed by atoms with E-state index in [1.54, 1.807) is 22.8 Å². The molecule has 29 heavy (non-hydrogen) atoms. The SMILES string of the molecule is CCc1c(C)nc(CC)n(CCOc2ccc(/C=C3\SC(=O)NC3=O)cc2)c1=O. The van der Waals surface area contributed by atoms with Crippen molar-refractivity contribution in [2.45, 2.75) is 40.2 Å². The van der Waals surface area contributed by atoms with Gasteiger partial charge in [-0.3, -0.25) is 24.3 Å². The Morgan fingerprint density at radius 2 is 1.86 bits per heavy atom. The molecule has 1 fully saturated rings. The van der Waals surface area contributed by atoms with E-state index >= 15 is 0 Å². The number of rotatable bonds is 7. The molecule has 1 aromatic carbocycles. The van der Waals surface area contributed by atoms with Crippen molar-refractivity contribution in [3.05, 3.63) is 62.2 Å². The molecule has 2 amide bonds. The lowest BCUT2D eigenvalue weighted by Gasteiger charge is -2.15. The van der Waals surface area contributed by atoms with Gasteiger partial charge in [-0.2, -0.15) is 0 Å². The van der Waals surface area contributed by atoms with Crippen LogP contribution in [-0.2, 0) is 24.2 Å². The summed E-state index contributed by atoms with van der Waals surface area (Å²) in [6.07, 6.45) is 2.99. The van der Waals surface area contributed by atoms with Crippen LogP contribution in [-0.4, -0.2) is 27.3 Å². The smallest absolute Gasteiger partial charge is 0.290 e. The molecular weight excluding hydrogens is 390 g/mol. The summed E-state index contributed by atoms with van der Waals surface area (Å²) >= 11 is 0.885. The monoisotopic (exact) mass is 413 g/mol. The maximum atomic E-state index is 12.7. The molecule has 1 aromatic heterocycles. The van der Waals surface area contributed by atoms with E-state index in [4.69, 9.17) is 4.74 Å². The summed E-state index contributed by atoms with van der Waals surface area (Å²) in [4.78, 5) is 40.4. The summed E-state index contributed by atoms with van der Waals surface area (Å²) in [5.74, 6) is 1.04. The maximum Gasteiger partial charge on any atom is 0.290 e. The highest BCUT2D eigenvalue weighted by atomic mass is 32.2. The first kappa shape index (κ1) is 20.9. The van der Waals surface area contributed by atoms with Gasteiger partial charge in [-0.05, 0) is 48.9 Å². The molecule has 0 spiro atoms. The summed E-state index contributed by atoms with van der Waals surface area (Å²) in [5.41, 5.74) is 2.34. The van der Waals surface area contributed by atoms with Crippen molar-refractivity contribution in [3.8, 4) is 5.75 Å². The van der Waals surface area contributed by atoms with Gasteiger partial charge in [0.2, 0.25) is 0 Å². The van der Waals surface area contributed by atoms with E-state index in [1.807, 2.05) is 32.9 Å². The second-order valence-electron chi connectivity index (χ2n) is 6.53. The van der Waals surface area contributed by atoms with Crippen LogP contribution in [0.15, 0.2) is 34.0 Å². The number of imide groups is 1. The van der Waals surface area contributed by atoms with Crippen LogP contribution in [0.25, 0.3) is 6.08 Å². The van der Waals surface area contributed by atoms with E-state index in [2.05, 4.69) is 10.3 Å². The standard InChI is InChI=1S/C21H23N3O4S/c1-4-16-13(3)22-18(5-2)24(20(16)26)10-11-28-15-8-6-14(7-9-15)12-17-19(25)23-21(27)29-17/h6-9,12H,4-5,10-11H2,1-3H3,(H,23,25,27)/b17-12-. The summed E-state index contributed by atoms with van der Waals surface area (Å²) in [6.45, 7) is 6.58. The van der Waals surface area contributed by atoms with E-state index in [1.165, 1.54) is 0 Å². The van der Waals surface area contributed by atoms with Crippen molar-refractivity contribution in [1.29, 1.82) is 0 Å². The minimum atomic E-state index is -0.379. The van der Waals surface area contributed by atoms with Crippen molar-refractivity contribution in [1.82, 2.24) is 14.9 Å². The Balaban J connectivity index is 1.66. The zero-order valence-electron chi connectivity index (χ0n) is 16.7. The highest BCUT2D eigenvalue weighted by Crippen LogP contribution is 2.26. The fourth-order valence-corrected chi connectivity index (χ4v) is 3.83. The first-order valence-electron chi connectivity index (χ1n) is 9.49. The first-order chi connectivity index (χ1) is 13.9. The second kappa shape index (κ2) is 9.09. The zero-order valence-corrected chi connectivity index (χ0v) is 17.5. The van der Waals surface area contributed by atoms with E-state index in [-0.39, 0.29) is 16.7 Å². The topological polar surface area (TPSA) is 90.3 Å². The van der Waals surface area contributed by atoms with Crippen LogP contribution in [0.4, 0.5) is 4.79 Å². The lowest BCUT2D eigenvalue weighted by Crippen LogP contribution is -2.31. The fraction of sp³-hybridized carbons (Fsp3) is 0.333. The Morgan fingerprint density at radius 3 is 2.45 bits per heavy atom. The molecule has 1 aliphatic rings. The van der Waals surface area contributed by atoms with Crippen molar-refractivity contribution in [2.24, 2.45) is 0 Å². The molecule has 1 saturated heterocycles. The van der Waals surface area contributed by atoms with Gasteiger partial charge in [0.15, 0.2) is 0 Å². The quantitative estimate of drug-likeness (QED) is 0.702. The van der Waals surface area contributed by atoms with Crippen molar-refractivity contribution >= 4 is 29.0 Å². The van der Waals surface area contributed by atoms with E-state index in [0.29, 0.717) is 36.6 Å². The van der Waals surface area contributed by atoms with Crippen molar-refractivity contribution in [2.75, 3.05) is 6.61 Å². The summed E-state index contributed by atoms with van der Waals surface area (Å²) < 4.78 is 7.48. The third-order valence-electron chi connectivity index (χ3n) is 4.62. The molecule has 3 rings (SSSR count). The van der Waals surface area contributed by atoms with Crippen LogP contribution in [0, 0.1) is 6.92 Å². The molecule has 1 aliphatic heterocycles. The third-order valence-corrected chi connectivity index (χ3v) is 5.43. The predicted molar refractivity (Wildman–Crippen MR) is 113 cm³/mol. The maximum absolute atomic E-state index is 12.7. The Kier molecular flexibility index (Phi) is 6.53. The average molecular weight is 413 g/mol. The second-order valence-corrected chi connectivity index (χ2v) is 7.54. The van der Waals surface area contributed by atoms with Gasteiger partial charge >= 0.3 is 0 Å². The lowest BCUT2D eigenvalue weighted by atomic mass is 10.2. The molecule has 1 N–H and O–H groups in total. The Morgan fingerprint density at radius 1 is 1.14 bits per heavy atom. The lowest BCUT2D eigenvalue weighted by molar-refractivity contribution is -0.115. The van der Waals surface area contributed by atoms with Crippen LogP contribution in [0.5, 0.6) is 5.75 Å². The molecule has 8 heteroatoms. The number of ether oxygens (including phenoxy) is 1. The van der Waals surface area contributed by atoms with Gasteiger partial charge in [0.05, 0.1) is 11.4 Å². The number of amides is 2. The minimum Gasteiger partial charge on any atom is -0.492 e. The molecule has 0 aliphatic carbocycles. The number of nitrogens with one attached hydrogen (secondary N) is 1. The van der Waals surface area contributed by atoms with E-state index in [0.717, 1.165) is 34.4 Å². The molecule has 2 heterocycles. The largest absolute Gasteiger partial charge is 0.492 e. The fourth-order valence-electron chi connectivity index (χ4n) is 3.15. The number of carbonyl (C=O) groups excluding carboxylic acids is 2. The minimum absolute atomic E-state index is 0.00399. The van der Waals surface area contributed by atoms with E-state index < -0.39 is 0 Å². The highest BCUT2D eigenvalue weighted by Gasteiger charge is 2.24. The third kappa shape index (κ3) is 4.76. The number of nitrogens with zero attached hydrogens (tertiary/aromatic N) is 2. The van der Waals surface area contributed by atoms with Gasteiger partial charge in [-0.25, -0.2) is 4.98 Å². The normalized spacial score (nSPS) is 15.1. The zero-order chi connectivity index (χ0) is 21.0. The Labute approximate surface area is 173 Å². The molecule has 152 valence electrons. The van der Waals surface area contributed by atoms with Gasteiger partial charge in [-0.15, -0.1) is 0 Å². The summed E-state index contributed by atoms with van der Waals surface area (Å²) in [7, 11) is 0. The Hall–Kier alpha value is -2.87. The Bertz CT molecular complexity index is 1030. The summed E-state index contributed by atoms with van der Waals surface area (Å²) in [5, 5.41) is 1.87. The molecule has 0 bridgehead atoms. The molecule has 7 nitrogen and oxygen atoms in total. The number of benzene rings is 1. The number of carbonyl (C=O) groups is 2. The number of thioether (sulfide) groups is 1. The average Bonchev–Trinajstić information content (AvgIpc) is 3.01. The number of hydrogen-bond donors (Lipinski definition) is 1. The summed E-state index contributed by atoms with van der Waals surface area (Å²) in [6, 6.07) is 7.21. The molecular formula is C21H23N3O4S. The molecule has 0 saturated carbocycles. The predicted octanol–water partition coefficient (Wildman–Crippen LogP) is 3.08. The van der Waals surface area contributed by atoms with Crippen LogP contribution < -0.4 is 15.6 Å².